The lowest BCUT2D eigenvalue weighted by Gasteiger charge is -2.19. The zero-order chi connectivity index (χ0) is 22.0. The van der Waals surface area contributed by atoms with Gasteiger partial charge in [-0.15, -0.1) is 0 Å². The molecule has 0 aliphatic heterocycles. The summed E-state index contributed by atoms with van der Waals surface area (Å²) in [5, 5.41) is 0. The molecule has 2 aromatic rings. The van der Waals surface area contributed by atoms with E-state index < -0.39 is 18.1 Å². The van der Waals surface area contributed by atoms with Crippen molar-refractivity contribution in [1.29, 1.82) is 0 Å². The molecule has 0 amide bonds. The zero-order valence-electron chi connectivity index (χ0n) is 17.7. The molecule has 0 spiro atoms. The molecule has 1 unspecified atom stereocenters. The van der Waals surface area contributed by atoms with Gasteiger partial charge in [-0.05, 0) is 49.4 Å². The minimum absolute atomic E-state index is 0.0660. The lowest BCUT2D eigenvalue weighted by Crippen LogP contribution is -2.25. The molecule has 30 heavy (non-hydrogen) atoms. The zero-order valence-corrected chi connectivity index (χ0v) is 17.7. The van der Waals surface area contributed by atoms with Gasteiger partial charge in [0.1, 0.15) is 0 Å². The Morgan fingerprint density at radius 3 is 2.27 bits per heavy atom. The predicted octanol–water partition coefficient (Wildman–Crippen LogP) is 7.01. The third-order valence-corrected chi connectivity index (χ3v) is 5.13. The Morgan fingerprint density at radius 1 is 1.00 bits per heavy atom. The standard InChI is InChI=1S/C24H30F3NO2/c1-3-5-7-18-9-14-22(28-17-18)19-10-12-20(13-11-19)23(29)30-16-15-21(8-6-4-2)24(25,26)27/h9-14,17,21H,3-8,15-16H2,1-2H3. The van der Waals surface area contributed by atoms with Crippen molar-refractivity contribution >= 4 is 5.97 Å². The number of rotatable bonds is 11. The van der Waals surface area contributed by atoms with Crippen LogP contribution in [0.5, 0.6) is 0 Å². The number of benzene rings is 1. The van der Waals surface area contributed by atoms with Crippen molar-refractivity contribution in [2.75, 3.05) is 6.61 Å². The number of pyridine rings is 1. The highest BCUT2D eigenvalue weighted by atomic mass is 19.4. The number of unbranched alkanes of at least 4 members (excludes halogenated alkanes) is 2. The Morgan fingerprint density at radius 2 is 1.70 bits per heavy atom. The number of aryl methyl sites for hydroxylation is 1. The number of halogens is 3. The molecule has 0 fully saturated rings. The Kier molecular flexibility index (Phi) is 9.34. The van der Waals surface area contributed by atoms with Gasteiger partial charge in [-0.2, -0.15) is 13.2 Å². The average Bonchev–Trinajstić information content (AvgIpc) is 2.74. The fourth-order valence-corrected chi connectivity index (χ4v) is 3.20. The van der Waals surface area contributed by atoms with Gasteiger partial charge in [0.15, 0.2) is 0 Å². The number of carbonyl (C=O) groups is 1. The van der Waals surface area contributed by atoms with E-state index in [1.807, 2.05) is 19.2 Å². The van der Waals surface area contributed by atoms with Crippen LogP contribution >= 0.6 is 0 Å². The lowest BCUT2D eigenvalue weighted by molar-refractivity contribution is -0.180. The maximum absolute atomic E-state index is 13.0. The fraction of sp³-hybridized carbons (Fsp3) is 0.500. The van der Waals surface area contributed by atoms with Crippen LogP contribution in [0.1, 0.15) is 68.3 Å². The highest BCUT2D eigenvalue weighted by molar-refractivity contribution is 5.90. The van der Waals surface area contributed by atoms with Gasteiger partial charge in [0, 0.05) is 11.8 Å². The van der Waals surface area contributed by atoms with Crippen LogP contribution in [0.2, 0.25) is 0 Å². The molecule has 1 aromatic carbocycles. The Labute approximate surface area is 176 Å². The molecule has 0 aliphatic carbocycles. The maximum atomic E-state index is 13.0. The molecule has 0 radical (unpaired) electrons. The van der Waals surface area contributed by atoms with Gasteiger partial charge >= 0.3 is 12.1 Å². The summed E-state index contributed by atoms with van der Waals surface area (Å²) in [6.45, 7) is 3.76. The fourth-order valence-electron chi connectivity index (χ4n) is 3.20. The quantitative estimate of drug-likeness (QED) is 0.366. The van der Waals surface area contributed by atoms with Gasteiger partial charge in [0.25, 0.3) is 0 Å². The van der Waals surface area contributed by atoms with Crippen molar-refractivity contribution in [3.05, 3.63) is 53.7 Å². The largest absolute Gasteiger partial charge is 0.462 e. The molecule has 0 saturated carbocycles. The second-order valence-electron chi connectivity index (χ2n) is 7.54. The van der Waals surface area contributed by atoms with E-state index in [0.717, 1.165) is 30.5 Å². The van der Waals surface area contributed by atoms with Crippen LogP contribution in [-0.2, 0) is 11.2 Å². The summed E-state index contributed by atoms with van der Waals surface area (Å²) in [7, 11) is 0. The molecule has 0 bridgehead atoms. The van der Waals surface area contributed by atoms with E-state index in [1.165, 1.54) is 5.56 Å². The summed E-state index contributed by atoms with van der Waals surface area (Å²) in [5.74, 6) is -2.04. The number of hydrogen-bond donors (Lipinski definition) is 0. The van der Waals surface area contributed by atoms with Gasteiger partial charge in [-0.3, -0.25) is 4.98 Å². The van der Waals surface area contributed by atoms with E-state index in [-0.39, 0.29) is 19.4 Å². The van der Waals surface area contributed by atoms with Crippen molar-refractivity contribution in [1.82, 2.24) is 4.98 Å². The molecular weight excluding hydrogens is 391 g/mol. The van der Waals surface area contributed by atoms with E-state index in [1.54, 1.807) is 24.3 Å². The van der Waals surface area contributed by atoms with Crippen LogP contribution in [0.4, 0.5) is 13.2 Å². The number of aromatic nitrogens is 1. The first kappa shape index (κ1) is 23.9. The summed E-state index contributed by atoms with van der Waals surface area (Å²) in [6, 6.07) is 10.8. The van der Waals surface area contributed by atoms with Gasteiger partial charge in [-0.25, -0.2) is 4.79 Å². The number of hydrogen-bond acceptors (Lipinski definition) is 3. The second-order valence-corrected chi connectivity index (χ2v) is 7.54. The molecule has 0 saturated heterocycles. The van der Waals surface area contributed by atoms with Crippen LogP contribution in [0.25, 0.3) is 11.3 Å². The summed E-state index contributed by atoms with van der Waals surface area (Å²) in [6.07, 6.45) is 1.93. The maximum Gasteiger partial charge on any atom is 0.391 e. The minimum atomic E-state index is -4.26. The SMILES string of the molecule is CCCCc1ccc(-c2ccc(C(=O)OCCC(CCCC)C(F)(F)F)cc2)nc1. The second kappa shape index (κ2) is 11.7. The molecular formula is C24H30F3NO2. The summed E-state index contributed by atoms with van der Waals surface area (Å²) in [4.78, 5) is 16.6. The van der Waals surface area contributed by atoms with E-state index in [9.17, 15) is 18.0 Å². The van der Waals surface area contributed by atoms with E-state index >= 15 is 0 Å². The topological polar surface area (TPSA) is 39.2 Å². The monoisotopic (exact) mass is 421 g/mol. The van der Waals surface area contributed by atoms with E-state index in [2.05, 4.69) is 18.0 Å². The van der Waals surface area contributed by atoms with Crippen LogP contribution < -0.4 is 0 Å². The smallest absolute Gasteiger partial charge is 0.391 e. The normalized spacial score (nSPS) is 12.6. The molecule has 1 atom stereocenters. The molecule has 6 heteroatoms. The van der Waals surface area contributed by atoms with Crippen LogP contribution in [0.3, 0.4) is 0 Å². The highest BCUT2D eigenvalue weighted by Gasteiger charge is 2.38. The number of alkyl halides is 3. The van der Waals surface area contributed by atoms with Crippen LogP contribution in [0, 0.1) is 5.92 Å². The van der Waals surface area contributed by atoms with E-state index in [0.29, 0.717) is 18.4 Å². The van der Waals surface area contributed by atoms with Crippen molar-refractivity contribution in [2.24, 2.45) is 5.92 Å². The summed E-state index contributed by atoms with van der Waals surface area (Å²) >= 11 is 0. The molecule has 164 valence electrons. The predicted molar refractivity (Wildman–Crippen MR) is 112 cm³/mol. The van der Waals surface area contributed by atoms with Gasteiger partial charge in [0.2, 0.25) is 0 Å². The van der Waals surface area contributed by atoms with Crippen LogP contribution in [0.15, 0.2) is 42.6 Å². The number of esters is 1. The third-order valence-electron chi connectivity index (χ3n) is 5.13. The molecule has 0 N–H and O–H groups in total. The molecule has 2 rings (SSSR count). The van der Waals surface area contributed by atoms with Crippen molar-refractivity contribution in [2.45, 2.75) is 65.0 Å². The highest BCUT2D eigenvalue weighted by Crippen LogP contribution is 2.32. The minimum Gasteiger partial charge on any atom is -0.462 e. The first-order chi connectivity index (χ1) is 14.3. The lowest BCUT2D eigenvalue weighted by atomic mass is 9.98. The van der Waals surface area contributed by atoms with Crippen LogP contribution in [-0.4, -0.2) is 23.7 Å². The molecule has 1 heterocycles. The summed E-state index contributed by atoms with van der Waals surface area (Å²) in [5.41, 5.74) is 3.18. The van der Waals surface area contributed by atoms with Gasteiger partial charge in [0.05, 0.1) is 23.8 Å². The van der Waals surface area contributed by atoms with Crippen molar-refractivity contribution < 1.29 is 22.7 Å². The molecule has 3 nitrogen and oxygen atoms in total. The van der Waals surface area contributed by atoms with Gasteiger partial charge < -0.3 is 4.74 Å². The van der Waals surface area contributed by atoms with Gasteiger partial charge in [-0.1, -0.05) is 51.3 Å². The number of ether oxygens (including phenoxy) is 1. The molecule has 0 aliphatic rings. The average molecular weight is 422 g/mol. The first-order valence-corrected chi connectivity index (χ1v) is 10.6. The molecule has 1 aromatic heterocycles. The first-order valence-electron chi connectivity index (χ1n) is 10.6. The van der Waals surface area contributed by atoms with Crippen molar-refractivity contribution in [3.8, 4) is 11.3 Å². The summed E-state index contributed by atoms with van der Waals surface area (Å²) < 4.78 is 44.2. The Balaban J connectivity index is 1.90. The van der Waals surface area contributed by atoms with E-state index in [4.69, 9.17) is 4.74 Å². The third kappa shape index (κ3) is 7.47. The Hall–Kier alpha value is -2.37. The number of carbonyl (C=O) groups excluding carboxylic acids is 1. The van der Waals surface area contributed by atoms with Crippen molar-refractivity contribution in [3.63, 3.8) is 0 Å². The Bertz CT molecular complexity index is 771. The number of nitrogens with zero attached hydrogens (tertiary/aromatic N) is 1.